The van der Waals surface area contributed by atoms with Gasteiger partial charge in [0.15, 0.2) is 0 Å². The van der Waals surface area contributed by atoms with Crippen molar-refractivity contribution in [2.75, 3.05) is 13.1 Å². The smallest absolute Gasteiger partial charge is 0.407 e. The zero-order valence-electron chi connectivity index (χ0n) is 12.6. The van der Waals surface area contributed by atoms with Crippen molar-refractivity contribution in [3.05, 3.63) is 30.1 Å². The van der Waals surface area contributed by atoms with E-state index in [0.29, 0.717) is 18.8 Å². The summed E-state index contributed by atoms with van der Waals surface area (Å²) in [5.74, 6) is -0.107. The van der Waals surface area contributed by atoms with Gasteiger partial charge in [0.25, 0.3) is 5.91 Å². The van der Waals surface area contributed by atoms with Crippen LogP contribution in [0, 0.1) is 0 Å². The van der Waals surface area contributed by atoms with E-state index in [1.165, 1.54) is 0 Å². The minimum atomic E-state index is -0.522. The molecule has 1 N–H and O–H groups in total. The second kappa shape index (κ2) is 6.11. The van der Waals surface area contributed by atoms with Crippen LogP contribution < -0.4 is 5.32 Å². The van der Waals surface area contributed by atoms with E-state index in [1.807, 2.05) is 20.8 Å². The van der Waals surface area contributed by atoms with Crippen LogP contribution >= 0.6 is 0 Å². The molecule has 1 saturated heterocycles. The highest BCUT2D eigenvalue weighted by Crippen LogP contribution is 2.14. The van der Waals surface area contributed by atoms with Gasteiger partial charge in [0.1, 0.15) is 11.3 Å². The maximum Gasteiger partial charge on any atom is 0.407 e. The molecule has 2 rings (SSSR count). The van der Waals surface area contributed by atoms with Gasteiger partial charge in [0.2, 0.25) is 0 Å². The number of aromatic nitrogens is 1. The number of alkyl carbamates (subject to hydrolysis) is 1. The van der Waals surface area contributed by atoms with Gasteiger partial charge in [0.05, 0.1) is 6.04 Å². The average Bonchev–Trinajstić information content (AvgIpc) is 2.85. The molecular formula is C15H21N3O3. The van der Waals surface area contributed by atoms with Crippen LogP contribution in [0.25, 0.3) is 0 Å². The molecule has 0 aliphatic carbocycles. The van der Waals surface area contributed by atoms with Gasteiger partial charge < -0.3 is 15.0 Å². The van der Waals surface area contributed by atoms with Crippen LogP contribution in [0.2, 0.25) is 0 Å². The van der Waals surface area contributed by atoms with E-state index < -0.39 is 11.7 Å². The first-order valence-electron chi connectivity index (χ1n) is 7.05. The van der Waals surface area contributed by atoms with Crippen molar-refractivity contribution < 1.29 is 14.3 Å². The summed E-state index contributed by atoms with van der Waals surface area (Å²) >= 11 is 0. The van der Waals surface area contributed by atoms with Crippen LogP contribution in [0.15, 0.2) is 24.4 Å². The van der Waals surface area contributed by atoms with E-state index in [9.17, 15) is 9.59 Å². The number of hydrogen-bond acceptors (Lipinski definition) is 4. The summed E-state index contributed by atoms with van der Waals surface area (Å²) in [5, 5.41) is 2.80. The van der Waals surface area contributed by atoms with Crippen LogP contribution in [-0.4, -0.2) is 46.6 Å². The molecule has 0 bridgehead atoms. The van der Waals surface area contributed by atoms with Gasteiger partial charge in [-0.3, -0.25) is 9.78 Å². The number of pyridine rings is 1. The molecule has 0 saturated carbocycles. The average molecular weight is 291 g/mol. The largest absolute Gasteiger partial charge is 0.444 e. The summed E-state index contributed by atoms with van der Waals surface area (Å²) in [6.07, 6.45) is 1.87. The predicted molar refractivity (Wildman–Crippen MR) is 77.9 cm³/mol. The Morgan fingerprint density at radius 3 is 2.76 bits per heavy atom. The standard InChI is InChI=1S/C15H21N3O3/c1-15(2,3)21-14(20)17-11-7-9-18(10-11)13(19)12-6-4-5-8-16-12/h4-6,8,11H,7,9-10H2,1-3H3,(H,17,20)/t11-/m0/s1. The third kappa shape index (κ3) is 4.44. The molecule has 2 heterocycles. The van der Waals surface area contributed by atoms with Crippen molar-refractivity contribution in [2.45, 2.75) is 38.8 Å². The van der Waals surface area contributed by atoms with Crippen molar-refractivity contribution in [1.29, 1.82) is 0 Å². The van der Waals surface area contributed by atoms with E-state index >= 15 is 0 Å². The van der Waals surface area contributed by atoms with Gasteiger partial charge in [0, 0.05) is 19.3 Å². The Balaban J connectivity index is 1.86. The minimum absolute atomic E-state index is 0.0764. The molecule has 0 spiro atoms. The van der Waals surface area contributed by atoms with Crippen LogP contribution in [-0.2, 0) is 4.74 Å². The number of ether oxygens (including phenoxy) is 1. The van der Waals surface area contributed by atoms with E-state index in [1.54, 1.807) is 29.3 Å². The number of rotatable bonds is 2. The third-order valence-corrected chi connectivity index (χ3v) is 3.08. The molecule has 1 atom stereocenters. The summed E-state index contributed by atoms with van der Waals surface area (Å²) in [6.45, 7) is 6.54. The normalized spacial score (nSPS) is 18.4. The van der Waals surface area contributed by atoms with Crippen LogP contribution in [0.3, 0.4) is 0 Å². The van der Waals surface area contributed by atoms with Crippen molar-refractivity contribution in [3.63, 3.8) is 0 Å². The van der Waals surface area contributed by atoms with E-state index in [0.717, 1.165) is 6.42 Å². The molecule has 1 aliphatic heterocycles. The van der Waals surface area contributed by atoms with Gasteiger partial charge in [-0.15, -0.1) is 0 Å². The maximum absolute atomic E-state index is 12.2. The first-order valence-corrected chi connectivity index (χ1v) is 7.05. The summed E-state index contributed by atoms with van der Waals surface area (Å²) in [5.41, 5.74) is -0.0954. The molecule has 6 heteroatoms. The second-order valence-corrected chi connectivity index (χ2v) is 6.10. The van der Waals surface area contributed by atoms with E-state index in [4.69, 9.17) is 4.74 Å². The lowest BCUT2D eigenvalue weighted by atomic mass is 10.2. The molecule has 114 valence electrons. The number of likely N-dealkylation sites (tertiary alicyclic amines) is 1. The van der Waals surface area contributed by atoms with Gasteiger partial charge in [-0.1, -0.05) is 6.07 Å². The lowest BCUT2D eigenvalue weighted by molar-refractivity contribution is 0.0502. The van der Waals surface area contributed by atoms with Gasteiger partial charge >= 0.3 is 6.09 Å². The Kier molecular flexibility index (Phi) is 4.45. The Morgan fingerprint density at radius 2 is 2.14 bits per heavy atom. The SMILES string of the molecule is CC(C)(C)OC(=O)N[C@H]1CCN(C(=O)c2ccccn2)C1. The zero-order valence-corrected chi connectivity index (χ0v) is 12.6. The highest BCUT2D eigenvalue weighted by atomic mass is 16.6. The van der Waals surface area contributed by atoms with Crippen molar-refractivity contribution in [3.8, 4) is 0 Å². The lowest BCUT2D eigenvalue weighted by Gasteiger charge is -2.22. The van der Waals surface area contributed by atoms with Gasteiger partial charge in [-0.05, 0) is 39.3 Å². The molecule has 1 aliphatic rings. The van der Waals surface area contributed by atoms with Crippen LogP contribution in [0.1, 0.15) is 37.7 Å². The molecule has 21 heavy (non-hydrogen) atoms. The van der Waals surface area contributed by atoms with Crippen molar-refractivity contribution >= 4 is 12.0 Å². The monoisotopic (exact) mass is 291 g/mol. The quantitative estimate of drug-likeness (QED) is 0.902. The maximum atomic E-state index is 12.2. The Hall–Kier alpha value is -2.11. The number of carbonyl (C=O) groups excluding carboxylic acids is 2. The van der Waals surface area contributed by atoms with Crippen molar-refractivity contribution in [2.24, 2.45) is 0 Å². The molecule has 6 nitrogen and oxygen atoms in total. The summed E-state index contributed by atoms with van der Waals surface area (Å²) in [6, 6.07) is 5.17. The Bertz CT molecular complexity index is 511. The molecule has 0 unspecified atom stereocenters. The number of amides is 2. The molecular weight excluding hydrogens is 270 g/mol. The van der Waals surface area contributed by atoms with Crippen LogP contribution in [0.5, 0.6) is 0 Å². The lowest BCUT2D eigenvalue weighted by Crippen LogP contribution is -2.41. The van der Waals surface area contributed by atoms with E-state index in [-0.39, 0.29) is 11.9 Å². The molecule has 0 aromatic carbocycles. The minimum Gasteiger partial charge on any atom is -0.444 e. The highest BCUT2D eigenvalue weighted by Gasteiger charge is 2.29. The van der Waals surface area contributed by atoms with Gasteiger partial charge in [-0.2, -0.15) is 0 Å². The molecule has 1 aromatic rings. The topological polar surface area (TPSA) is 71.5 Å². The highest BCUT2D eigenvalue weighted by molar-refractivity contribution is 5.92. The zero-order chi connectivity index (χ0) is 15.5. The fraction of sp³-hybridized carbons (Fsp3) is 0.533. The summed E-state index contributed by atoms with van der Waals surface area (Å²) < 4.78 is 5.21. The fourth-order valence-electron chi connectivity index (χ4n) is 2.19. The number of carbonyl (C=O) groups is 2. The van der Waals surface area contributed by atoms with Gasteiger partial charge in [-0.25, -0.2) is 4.79 Å². The molecule has 0 radical (unpaired) electrons. The van der Waals surface area contributed by atoms with E-state index in [2.05, 4.69) is 10.3 Å². The van der Waals surface area contributed by atoms with Crippen molar-refractivity contribution in [1.82, 2.24) is 15.2 Å². The Labute approximate surface area is 124 Å². The van der Waals surface area contributed by atoms with Crippen LogP contribution in [0.4, 0.5) is 4.79 Å². The molecule has 2 amide bonds. The Morgan fingerprint density at radius 1 is 1.38 bits per heavy atom. The predicted octanol–water partition coefficient (Wildman–Crippen LogP) is 1.82. The number of nitrogens with zero attached hydrogens (tertiary/aromatic N) is 2. The first kappa shape index (κ1) is 15.3. The second-order valence-electron chi connectivity index (χ2n) is 6.10. The summed E-state index contributed by atoms with van der Waals surface area (Å²) in [4.78, 5) is 29.7. The fourth-order valence-corrected chi connectivity index (χ4v) is 2.19. The molecule has 1 fully saturated rings. The third-order valence-electron chi connectivity index (χ3n) is 3.08. The first-order chi connectivity index (χ1) is 9.85. The number of nitrogens with one attached hydrogen (secondary N) is 1. The molecule has 1 aromatic heterocycles. The summed E-state index contributed by atoms with van der Waals surface area (Å²) in [7, 11) is 0. The number of hydrogen-bond donors (Lipinski definition) is 1.